The Bertz CT molecular complexity index is 382. The fraction of sp³-hybridized carbons (Fsp3) is 0.417. The van der Waals surface area contributed by atoms with E-state index in [9.17, 15) is 4.79 Å². The highest BCUT2D eigenvalue weighted by atomic mass is 16.4. The van der Waals surface area contributed by atoms with E-state index in [0.717, 1.165) is 12.0 Å². The fourth-order valence-corrected chi connectivity index (χ4v) is 1.42. The normalized spacial score (nSPS) is 12.4. The Morgan fingerprint density at radius 2 is 2.44 bits per heavy atom. The molecule has 4 nitrogen and oxygen atoms in total. The fourth-order valence-electron chi connectivity index (χ4n) is 1.42. The molecule has 0 spiro atoms. The second-order valence-electron chi connectivity index (χ2n) is 3.80. The van der Waals surface area contributed by atoms with Crippen molar-refractivity contribution in [3.05, 3.63) is 35.8 Å². The molecule has 0 aliphatic heterocycles. The zero-order chi connectivity index (χ0) is 12.1. The van der Waals surface area contributed by atoms with E-state index in [4.69, 9.17) is 9.52 Å². The molecule has 0 aliphatic carbocycles. The Hall–Kier alpha value is -1.55. The number of furan rings is 1. The first kappa shape index (κ1) is 12.5. The summed E-state index contributed by atoms with van der Waals surface area (Å²) in [5.74, 6) is -0.394. The van der Waals surface area contributed by atoms with Crippen LogP contribution >= 0.6 is 0 Å². The van der Waals surface area contributed by atoms with Crippen molar-refractivity contribution < 1.29 is 14.3 Å². The highest BCUT2D eigenvalue weighted by molar-refractivity contribution is 5.84. The number of hydrogen-bond donors (Lipinski definition) is 2. The van der Waals surface area contributed by atoms with Gasteiger partial charge in [-0.25, -0.2) is 4.79 Å². The number of carboxylic acids is 1. The summed E-state index contributed by atoms with van der Waals surface area (Å²) in [4.78, 5) is 10.7. The van der Waals surface area contributed by atoms with Crippen molar-refractivity contribution in [2.75, 3.05) is 0 Å². The van der Waals surface area contributed by atoms with Crippen molar-refractivity contribution in [2.45, 2.75) is 32.9 Å². The van der Waals surface area contributed by atoms with Crippen molar-refractivity contribution in [1.82, 2.24) is 5.32 Å². The molecule has 1 atom stereocenters. The highest BCUT2D eigenvalue weighted by Gasteiger charge is 2.13. The van der Waals surface area contributed by atoms with E-state index >= 15 is 0 Å². The molecule has 1 unspecified atom stereocenters. The molecule has 1 aromatic heterocycles. The SMILES string of the molecule is C=CCC(C)NCc1cc(C(=O)O)oc1C. The van der Waals surface area contributed by atoms with Crippen LogP contribution in [-0.2, 0) is 6.54 Å². The molecule has 2 N–H and O–H groups in total. The summed E-state index contributed by atoms with van der Waals surface area (Å²) in [6.07, 6.45) is 2.73. The number of nitrogens with one attached hydrogen (secondary N) is 1. The first-order valence-corrected chi connectivity index (χ1v) is 5.21. The van der Waals surface area contributed by atoms with E-state index in [-0.39, 0.29) is 5.76 Å². The predicted octanol–water partition coefficient (Wildman–Crippen LogP) is 2.34. The van der Waals surface area contributed by atoms with Crippen LogP contribution in [0.4, 0.5) is 0 Å². The lowest BCUT2D eigenvalue weighted by molar-refractivity contribution is 0.0661. The molecule has 0 aliphatic rings. The quantitative estimate of drug-likeness (QED) is 0.726. The molecule has 0 aromatic carbocycles. The number of hydrogen-bond acceptors (Lipinski definition) is 3. The average molecular weight is 223 g/mol. The molecule has 0 saturated carbocycles. The molecular formula is C12H17NO3. The van der Waals surface area contributed by atoms with Crippen LogP contribution in [0.5, 0.6) is 0 Å². The largest absolute Gasteiger partial charge is 0.475 e. The van der Waals surface area contributed by atoms with Gasteiger partial charge in [0.25, 0.3) is 0 Å². The minimum atomic E-state index is -1.03. The van der Waals surface area contributed by atoms with Crippen LogP contribution in [0.15, 0.2) is 23.1 Å². The summed E-state index contributed by atoms with van der Waals surface area (Å²) in [6.45, 7) is 8.09. The van der Waals surface area contributed by atoms with E-state index in [1.54, 1.807) is 13.0 Å². The van der Waals surface area contributed by atoms with Gasteiger partial charge in [-0.2, -0.15) is 0 Å². The molecule has 88 valence electrons. The number of rotatable bonds is 6. The van der Waals surface area contributed by atoms with Crippen LogP contribution in [0.3, 0.4) is 0 Å². The van der Waals surface area contributed by atoms with Gasteiger partial charge >= 0.3 is 5.97 Å². The molecule has 0 amide bonds. The molecule has 0 bridgehead atoms. The Labute approximate surface area is 95.0 Å². The monoisotopic (exact) mass is 223 g/mol. The molecule has 4 heteroatoms. The van der Waals surface area contributed by atoms with Gasteiger partial charge in [0.15, 0.2) is 0 Å². The minimum Gasteiger partial charge on any atom is -0.475 e. The molecule has 0 fully saturated rings. The maximum Gasteiger partial charge on any atom is 0.371 e. The van der Waals surface area contributed by atoms with E-state index < -0.39 is 5.97 Å². The molecule has 16 heavy (non-hydrogen) atoms. The van der Waals surface area contributed by atoms with E-state index in [1.165, 1.54) is 0 Å². The van der Waals surface area contributed by atoms with Crippen molar-refractivity contribution in [2.24, 2.45) is 0 Å². The van der Waals surface area contributed by atoms with Gasteiger partial charge in [-0.3, -0.25) is 0 Å². The predicted molar refractivity (Wildman–Crippen MR) is 61.5 cm³/mol. The van der Waals surface area contributed by atoms with Crippen LogP contribution < -0.4 is 5.32 Å². The Kier molecular flexibility index (Phi) is 4.31. The van der Waals surface area contributed by atoms with Gasteiger partial charge in [-0.05, 0) is 26.3 Å². The van der Waals surface area contributed by atoms with Gasteiger partial charge in [0.2, 0.25) is 5.76 Å². The van der Waals surface area contributed by atoms with E-state index in [0.29, 0.717) is 18.3 Å². The van der Waals surface area contributed by atoms with Gasteiger partial charge < -0.3 is 14.8 Å². The number of aromatic carboxylic acids is 1. The number of aryl methyl sites for hydroxylation is 1. The van der Waals surface area contributed by atoms with Gasteiger partial charge in [0.05, 0.1) is 0 Å². The summed E-state index contributed by atoms with van der Waals surface area (Å²) in [5, 5.41) is 12.0. The van der Waals surface area contributed by atoms with Crippen LogP contribution in [0.1, 0.15) is 35.2 Å². The maximum atomic E-state index is 10.7. The maximum absolute atomic E-state index is 10.7. The van der Waals surface area contributed by atoms with Gasteiger partial charge in [0.1, 0.15) is 5.76 Å². The highest BCUT2D eigenvalue weighted by Crippen LogP contribution is 2.14. The topological polar surface area (TPSA) is 62.5 Å². The molecular weight excluding hydrogens is 206 g/mol. The van der Waals surface area contributed by atoms with Crippen molar-refractivity contribution in [1.29, 1.82) is 0 Å². The first-order chi connectivity index (χ1) is 7.54. The smallest absolute Gasteiger partial charge is 0.371 e. The van der Waals surface area contributed by atoms with Crippen molar-refractivity contribution in [3.8, 4) is 0 Å². The summed E-state index contributed by atoms with van der Waals surface area (Å²) in [5.41, 5.74) is 0.883. The van der Waals surface area contributed by atoms with Crippen LogP contribution in [0, 0.1) is 6.92 Å². The minimum absolute atomic E-state index is 0.00864. The summed E-state index contributed by atoms with van der Waals surface area (Å²) in [6, 6.07) is 1.88. The van der Waals surface area contributed by atoms with Crippen LogP contribution in [0.2, 0.25) is 0 Å². The van der Waals surface area contributed by atoms with Gasteiger partial charge in [-0.15, -0.1) is 6.58 Å². The second kappa shape index (κ2) is 5.51. The molecule has 1 heterocycles. The van der Waals surface area contributed by atoms with Gasteiger partial charge in [-0.1, -0.05) is 6.08 Å². The summed E-state index contributed by atoms with van der Waals surface area (Å²) >= 11 is 0. The molecule has 1 aromatic rings. The van der Waals surface area contributed by atoms with E-state index in [2.05, 4.69) is 18.8 Å². The van der Waals surface area contributed by atoms with Gasteiger partial charge in [0, 0.05) is 18.2 Å². The Morgan fingerprint density at radius 1 is 1.75 bits per heavy atom. The van der Waals surface area contributed by atoms with Crippen LogP contribution in [0.25, 0.3) is 0 Å². The van der Waals surface area contributed by atoms with Crippen molar-refractivity contribution in [3.63, 3.8) is 0 Å². The zero-order valence-electron chi connectivity index (χ0n) is 9.62. The Balaban J connectivity index is 2.60. The molecule has 1 rings (SSSR count). The third kappa shape index (κ3) is 3.24. The average Bonchev–Trinajstić information content (AvgIpc) is 2.58. The number of carbonyl (C=O) groups is 1. The van der Waals surface area contributed by atoms with Crippen LogP contribution in [-0.4, -0.2) is 17.1 Å². The lowest BCUT2D eigenvalue weighted by Gasteiger charge is -2.10. The Morgan fingerprint density at radius 3 is 2.94 bits per heavy atom. The zero-order valence-corrected chi connectivity index (χ0v) is 9.62. The summed E-state index contributed by atoms with van der Waals surface area (Å²) < 4.78 is 5.11. The third-order valence-electron chi connectivity index (χ3n) is 2.39. The van der Waals surface area contributed by atoms with E-state index in [1.807, 2.05) is 6.08 Å². The molecule has 0 saturated heterocycles. The second-order valence-corrected chi connectivity index (χ2v) is 3.80. The number of carboxylic acid groups (broad SMARTS) is 1. The standard InChI is InChI=1S/C12H17NO3/c1-4-5-8(2)13-7-10-6-11(12(14)15)16-9(10)3/h4,6,8,13H,1,5,7H2,2-3H3,(H,14,15). The molecule has 0 radical (unpaired) electrons. The summed E-state index contributed by atoms with van der Waals surface area (Å²) in [7, 11) is 0. The first-order valence-electron chi connectivity index (χ1n) is 5.21. The van der Waals surface area contributed by atoms with Crippen molar-refractivity contribution >= 4 is 5.97 Å². The lowest BCUT2D eigenvalue weighted by atomic mass is 10.2. The lowest BCUT2D eigenvalue weighted by Crippen LogP contribution is -2.24. The third-order valence-corrected chi connectivity index (χ3v) is 2.39.